The average molecular weight is 346 g/mol. The van der Waals surface area contributed by atoms with E-state index in [4.69, 9.17) is 0 Å². The van der Waals surface area contributed by atoms with Crippen molar-refractivity contribution >= 4 is 17.9 Å². The van der Waals surface area contributed by atoms with Gasteiger partial charge in [-0.25, -0.2) is 4.79 Å². The predicted octanol–water partition coefficient (Wildman–Crippen LogP) is 4.25. The Kier molecular flexibility index (Phi) is 5.03. The molecular weight excluding hydrogens is 324 g/mol. The standard InChI is InChI=1S/C22H22N2O2/c1-15-9-11-17(12-10-15)13-14-19(25)20-16(2)24(3)22(26)23-21(20)18-7-5-4-6-8-18/h4-14,21H,1-3H3,(H,23,26)/b14-13+. The van der Waals surface area contributed by atoms with E-state index in [9.17, 15) is 9.59 Å². The molecule has 0 fully saturated rings. The summed E-state index contributed by atoms with van der Waals surface area (Å²) in [6, 6.07) is 16.9. The van der Waals surface area contributed by atoms with Crippen LogP contribution in [0.2, 0.25) is 0 Å². The largest absolute Gasteiger partial charge is 0.327 e. The van der Waals surface area contributed by atoms with Crippen LogP contribution in [0.15, 0.2) is 71.9 Å². The molecule has 0 bridgehead atoms. The van der Waals surface area contributed by atoms with Crippen LogP contribution in [0, 0.1) is 6.92 Å². The molecular formula is C22H22N2O2. The molecule has 1 aliphatic heterocycles. The molecule has 1 aliphatic rings. The second-order valence-electron chi connectivity index (χ2n) is 6.46. The van der Waals surface area contributed by atoms with Gasteiger partial charge in [0.05, 0.1) is 6.04 Å². The molecule has 2 aromatic carbocycles. The molecule has 1 N–H and O–H groups in total. The first-order valence-electron chi connectivity index (χ1n) is 8.56. The summed E-state index contributed by atoms with van der Waals surface area (Å²) in [5.74, 6) is -0.108. The number of allylic oxidation sites excluding steroid dienone is 2. The monoisotopic (exact) mass is 346 g/mol. The lowest BCUT2D eigenvalue weighted by Gasteiger charge is -2.33. The predicted molar refractivity (Wildman–Crippen MR) is 103 cm³/mol. The Morgan fingerprint density at radius 1 is 1.04 bits per heavy atom. The minimum Gasteiger partial charge on any atom is -0.327 e. The first kappa shape index (κ1) is 17.7. The number of aryl methyl sites for hydroxylation is 1. The molecule has 0 spiro atoms. The van der Waals surface area contributed by atoms with Crippen LogP contribution in [0.5, 0.6) is 0 Å². The second kappa shape index (κ2) is 7.40. The van der Waals surface area contributed by atoms with E-state index in [-0.39, 0.29) is 11.8 Å². The van der Waals surface area contributed by atoms with E-state index in [0.717, 1.165) is 11.1 Å². The van der Waals surface area contributed by atoms with Gasteiger partial charge in [-0.3, -0.25) is 4.79 Å². The van der Waals surface area contributed by atoms with Crippen molar-refractivity contribution in [1.82, 2.24) is 10.2 Å². The van der Waals surface area contributed by atoms with Crippen LogP contribution < -0.4 is 5.32 Å². The molecule has 0 aromatic heterocycles. The normalized spacial score (nSPS) is 17.6. The van der Waals surface area contributed by atoms with Crippen LogP contribution in [0.1, 0.15) is 29.7 Å². The van der Waals surface area contributed by atoms with Crippen LogP contribution in [0.3, 0.4) is 0 Å². The number of nitrogens with one attached hydrogen (secondary N) is 1. The van der Waals surface area contributed by atoms with E-state index < -0.39 is 6.04 Å². The third-order valence-corrected chi connectivity index (χ3v) is 4.66. The van der Waals surface area contributed by atoms with E-state index in [1.54, 1.807) is 19.2 Å². The highest BCUT2D eigenvalue weighted by Crippen LogP contribution is 2.30. The van der Waals surface area contributed by atoms with Gasteiger partial charge in [-0.2, -0.15) is 0 Å². The van der Waals surface area contributed by atoms with Crippen molar-refractivity contribution in [3.8, 4) is 0 Å². The van der Waals surface area contributed by atoms with Crippen LogP contribution in [-0.4, -0.2) is 23.8 Å². The zero-order valence-electron chi connectivity index (χ0n) is 15.2. The SMILES string of the molecule is CC1=C(C(=O)/C=C/c2ccc(C)cc2)C(c2ccccc2)NC(=O)N1C. The summed E-state index contributed by atoms with van der Waals surface area (Å²) in [5.41, 5.74) is 4.28. The number of benzene rings is 2. The molecule has 4 heteroatoms. The van der Waals surface area contributed by atoms with Crippen molar-refractivity contribution in [3.05, 3.63) is 88.6 Å². The lowest BCUT2D eigenvalue weighted by Crippen LogP contribution is -2.45. The summed E-state index contributed by atoms with van der Waals surface area (Å²) >= 11 is 0. The van der Waals surface area contributed by atoms with Gasteiger partial charge in [-0.1, -0.05) is 66.2 Å². The molecule has 132 valence electrons. The van der Waals surface area contributed by atoms with E-state index in [0.29, 0.717) is 11.3 Å². The van der Waals surface area contributed by atoms with E-state index in [2.05, 4.69) is 5.32 Å². The summed E-state index contributed by atoms with van der Waals surface area (Å²) in [6.45, 7) is 3.83. The van der Waals surface area contributed by atoms with Gasteiger partial charge in [0, 0.05) is 18.3 Å². The number of urea groups is 1. The zero-order valence-corrected chi connectivity index (χ0v) is 15.2. The van der Waals surface area contributed by atoms with Gasteiger partial charge in [-0.05, 0) is 31.1 Å². The maximum atomic E-state index is 13.0. The first-order valence-corrected chi connectivity index (χ1v) is 8.56. The lowest BCUT2D eigenvalue weighted by atomic mass is 9.91. The third kappa shape index (κ3) is 3.59. The minimum absolute atomic E-state index is 0.108. The van der Waals surface area contributed by atoms with Crippen molar-refractivity contribution in [1.29, 1.82) is 0 Å². The highest BCUT2D eigenvalue weighted by Gasteiger charge is 2.32. The van der Waals surface area contributed by atoms with E-state index >= 15 is 0 Å². The molecule has 0 radical (unpaired) electrons. The quantitative estimate of drug-likeness (QED) is 0.842. The van der Waals surface area contributed by atoms with Crippen molar-refractivity contribution in [2.75, 3.05) is 7.05 Å². The number of nitrogens with zero attached hydrogens (tertiary/aromatic N) is 1. The zero-order chi connectivity index (χ0) is 18.7. The van der Waals surface area contributed by atoms with Gasteiger partial charge in [0.2, 0.25) is 0 Å². The Hall–Kier alpha value is -3.14. The van der Waals surface area contributed by atoms with Crippen molar-refractivity contribution in [3.63, 3.8) is 0 Å². The highest BCUT2D eigenvalue weighted by atomic mass is 16.2. The maximum Gasteiger partial charge on any atom is 0.322 e. The van der Waals surface area contributed by atoms with Gasteiger partial charge < -0.3 is 10.2 Å². The summed E-state index contributed by atoms with van der Waals surface area (Å²) in [6.07, 6.45) is 3.38. The summed E-state index contributed by atoms with van der Waals surface area (Å²) in [4.78, 5) is 26.7. The van der Waals surface area contributed by atoms with Crippen LogP contribution >= 0.6 is 0 Å². The number of hydrogen-bond donors (Lipinski definition) is 1. The maximum absolute atomic E-state index is 13.0. The molecule has 1 unspecified atom stereocenters. The smallest absolute Gasteiger partial charge is 0.322 e. The van der Waals surface area contributed by atoms with Crippen LogP contribution in [0.25, 0.3) is 6.08 Å². The highest BCUT2D eigenvalue weighted by molar-refractivity contribution is 6.09. The Bertz CT molecular complexity index is 880. The lowest BCUT2D eigenvalue weighted by molar-refractivity contribution is -0.111. The Morgan fingerprint density at radius 2 is 1.69 bits per heavy atom. The molecule has 2 amide bonds. The Balaban J connectivity index is 1.96. The molecule has 4 nitrogen and oxygen atoms in total. The fourth-order valence-electron chi connectivity index (χ4n) is 2.99. The third-order valence-electron chi connectivity index (χ3n) is 4.66. The molecule has 1 atom stereocenters. The summed E-state index contributed by atoms with van der Waals surface area (Å²) in [7, 11) is 1.67. The van der Waals surface area contributed by atoms with Gasteiger partial charge in [0.15, 0.2) is 5.78 Å². The Morgan fingerprint density at radius 3 is 2.35 bits per heavy atom. The van der Waals surface area contributed by atoms with Gasteiger partial charge >= 0.3 is 6.03 Å². The van der Waals surface area contributed by atoms with Gasteiger partial charge in [0.1, 0.15) is 0 Å². The number of carbonyl (C=O) groups is 2. The molecule has 1 heterocycles. The molecule has 0 saturated heterocycles. The molecule has 3 rings (SSSR count). The van der Waals surface area contributed by atoms with Crippen LogP contribution in [0.4, 0.5) is 4.79 Å². The fraction of sp³-hybridized carbons (Fsp3) is 0.182. The number of rotatable bonds is 4. The van der Waals surface area contributed by atoms with E-state index in [1.807, 2.05) is 68.4 Å². The summed E-state index contributed by atoms with van der Waals surface area (Å²) < 4.78 is 0. The number of hydrogen-bond acceptors (Lipinski definition) is 2. The Labute approximate surface area is 153 Å². The van der Waals surface area contributed by atoms with Gasteiger partial charge in [0.25, 0.3) is 0 Å². The van der Waals surface area contributed by atoms with Crippen molar-refractivity contribution in [2.45, 2.75) is 19.9 Å². The second-order valence-corrected chi connectivity index (χ2v) is 6.46. The average Bonchev–Trinajstić information content (AvgIpc) is 2.66. The summed E-state index contributed by atoms with van der Waals surface area (Å²) in [5, 5.41) is 2.92. The number of ketones is 1. The van der Waals surface area contributed by atoms with Crippen LogP contribution in [-0.2, 0) is 4.79 Å². The van der Waals surface area contributed by atoms with E-state index in [1.165, 1.54) is 10.5 Å². The number of carbonyl (C=O) groups excluding carboxylic acids is 2. The fourth-order valence-corrected chi connectivity index (χ4v) is 2.99. The minimum atomic E-state index is -0.449. The van der Waals surface area contributed by atoms with Crippen molar-refractivity contribution < 1.29 is 9.59 Å². The van der Waals surface area contributed by atoms with Gasteiger partial charge in [-0.15, -0.1) is 0 Å². The topological polar surface area (TPSA) is 49.4 Å². The molecule has 26 heavy (non-hydrogen) atoms. The first-order chi connectivity index (χ1) is 12.5. The van der Waals surface area contributed by atoms with Crippen molar-refractivity contribution in [2.24, 2.45) is 0 Å². The molecule has 2 aromatic rings. The molecule has 0 aliphatic carbocycles. The molecule has 0 saturated carbocycles. The number of amides is 2.